The number of carboxylic acid groups (broad SMARTS) is 1. The van der Waals surface area contributed by atoms with E-state index in [-0.39, 0.29) is 18.3 Å². The molecule has 2 unspecified atom stereocenters. The van der Waals surface area contributed by atoms with E-state index in [0.29, 0.717) is 5.75 Å². The Labute approximate surface area is 131 Å². The lowest BCUT2D eigenvalue weighted by molar-refractivity contribution is -0.139. The molecule has 0 heterocycles. The molecular weight excluding hydrogens is 282 g/mol. The Hall–Kier alpha value is -1.88. The van der Waals surface area contributed by atoms with E-state index in [9.17, 15) is 9.59 Å². The van der Waals surface area contributed by atoms with Gasteiger partial charge in [-0.15, -0.1) is 0 Å². The average molecular weight is 307 g/mol. The Bertz CT molecular complexity index is 484. The van der Waals surface area contributed by atoms with E-state index in [0.717, 1.165) is 31.2 Å². The SMILES string of the molecule is CCCCCC(C)C(=O)Oc1ccc(CC(N)C(=O)O)cc1. The summed E-state index contributed by atoms with van der Waals surface area (Å²) in [6.07, 6.45) is 4.35. The van der Waals surface area contributed by atoms with Gasteiger partial charge in [0.2, 0.25) is 0 Å². The topological polar surface area (TPSA) is 89.6 Å². The van der Waals surface area contributed by atoms with Crippen LogP contribution in [-0.4, -0.2) is 23.1 Å². The van der Waals surface area contributed by atoms with Crippen molar-refractivity contribution in [2.75, 3.05) is 0 Å². The van der Waals surface area contributed by atoms with Crippen molar-refractivity contribution in [3.63, 3.8) is 0 Å². The molecule has 1 aromatic rings. The molecule has 0 aliphatic carbocycles. The Morgan fingerprint density at radius 2 is 1.86 bits per heavy atom. The molecule has 122 valence electrons. The number of unbranched alkanes of at least 4 members (excludes halogenated alkanes) is 2. The fraction of sp³-hybridized carbons (Fsp3) is 0.529. The molecule has 0 amide bonds. The molecule has 0 fully saturated rings. The van der Waals surface area contributed by atoms with Crippen LogP contribution >= 0.6 is 0 Å². The summed E-state index contributed by atoms with van der Waals surface area (Å²) in [6, 6.07) is 5.87. The third-order valence-electron chi connectivity index (χ3n) is 3.56. The van der Waals surface area contributed by atoms with Crippen molar-refractivity contribution in [1.82, 2.24) is 0 Å². The number of esters is 1. The largest absolute Gasteiger partial charge is 0.480 e. The lowest BCUT2D eigenvalue weighted by Gasteiger charge is -2.11. The molecule has 0 spiro atoms. The van der Waals surface area contributed by atoms with Crippen molar-refractivity contribution in [3.8, 4) is 5.75 Å². The van der Waals surface area contributed by atoms with Gasteiger partial charge in [0.25, 0.3) is 0 Å². The van der Waals surface area contributed by atoms with Crippen LogP contribution in [0, 0.1) is 5.92 Å². The molecule has 22 heavy (non-hydrogen) atoms. The van der Waals surface area contributed by atoms with E-state index < -0.39 is 12.0 Å². The highest BCUT2D eigenvalue weighted by molar-refractivity contribution is 5.75. The standard InChI is InChI=1S/C17H25NO4/c1-3-4-5-6-12(2)17(21)22-14-9-7-13(8-10-14)11-15(18)16(19)20/h7-10,12,15H,3-6,11,18H2,1-2H3,(H,19,20). The van der Waals surface area contributed by atoms with Gasteiger partial charge < -0.3 is 15.6 Å². The number of rotatable bonds is 9. The van der Waals surface area contributed by atoms with Gasteiger partial charge in [-0.1, -0.05) is 45.2 Å². The number of ether oxygens (including phenoxy) is 1. The highest BCUT2D eigenvalue weighted by atomic mass is 16.5. The zero-order valence-corrected chi connectivity index (χ0v) is 13.2. The zero-order chi connectivity index (χ0) is 16.5. The fourth-order valence-electron chi connectivity index (χ4n) is 2.07. The molecular formula is C17H25NO4. The van der Waals surface area contributed by atoms with Crippen LogP contribution in [0.2, 0.25) is 0 Å². The quantitative estimate of drug-likeness (QED) is 0.416. The first-order valence-electron chi connectivity index (χ1n) is 7.73. The summed E-state index contributed by atoms with van der Waals surface area (Å²) >= 11 is 0. The predicted molar refractivity (Wildman–Crippen MR) is 84.7 cm³/mol. The second-order valence-corrected chi connectivity index (χ2v) is 5.61. The molecule has 1 rings (SSSR count). The summed E-state index contributed by atoms with van der Waals surface area (Å²) in [6.45, 7) is 4.00. The number of hydrogen-bond acceptors (Lipinski definition) is 4. The van der Waals surface area contributed by atoms with Gasteiger partial charge in [0.1, 0.15) is 11.8 Å². The molecule has 0 saturated heterocycles. The second-order valence-electron chi connectivity index (χ2n) is 5.61. The van der Waals surface area contributed by atoms with Gasteiger partial charge in [0, 0.05) is 0 Å². The highest BCUT2D eigenvalue weighted by Gasteiger charge is 2.15. The lowest BCUT2D eigenvalue weighted by atomic mass is 10.0. The van der Waals surface area contributed by atoms with Crippen molar-refractivity contribution in [3.05, 3.63) is 29.8 Å². The molecule has 3 N–H and O–H groups in total. The molecule has 0 saturated carbocycles. The first-order valence-corrected chi connectivity index (χ1v) is 7.73. The Kier molecular flexibility index (Phi) is 7.60. The molecule has 5 nitrogen and oxygen atoms in total. The van der Waals surface area contributed by atoms with Gasteiger partial charge in [-0.05, 0) is 30.5 Å². The maximum atomic E-state index is 11.9. The maximum absolute atomic E-state index is 11.9. The normalized spacial score (nSPS) is 13.4. The molecule has 1 aromatic carbocycles. The average Bonchev–Trinajstić information content (AvgIpc) is 2.49. The Morgan fingerprint density at radius 3 is 2.41 bits per heavy atom. The minimum Gasteiger partial charge on any atom is -0.480 e. The summed E-state index contributed by atoms with van der Waals surface area (Å²) in [5, 5.41) is 8.77. The van der Waals surface area contributed by atoms with Gasteiger partial charge in [-0.2, -0.15) is 0 Å². The van der Waals surface area contributed by atoms with E-state index in [1.165, 1.54) is 0 Å². The van der Waals surface area contributed by atoms with Crippen LogP contribution in [0.1, 0.15) is 45.1 Å². The van der Waals surface area contributed by atoms with Crippen LogP contribution < -0.4 is 10.5 Å². The Morgan fingerprint density at radius 1 is 1.23 bits per heavy atom. The molecule has 0 aliphatic rings. The van der Waals surface area contributed by atoms with E-state index in [1.54, 1.807) is 24.3 Å². The third-order valence-corrected chi connectivity index (χ3v) is 3.56. The van der Waals surface area contributed by atoms with Crippen molar-refractivity contribution in [1.29, 1.82) is 0 Å². The van der Waals surface area contributed by atoms with Crippen LogP contribution in [0.25, 0.3) is 0 Å². The van der Waals surface area contributed by atoms with Gasteiger partial charge in [-0.3, -0.25) is 9.59 Å². The number of nitrogens with two attached hydrogens (primary N) is 1. The second kappa shape index (κ2) is 9.20. The van der Waals surface area contributed by atoms with Crippen LogP contribution in [0.15, 0.2) is 24.3 Å². The highest BCUT2D eigenvalue weighted by Crippen LogP contribution is 2.17. The van der Waals surface area contributed by atoms with Crippen molar-refractivity contribution in [2.45, 2.75) is 52.0 Å². The molecule has 0 radical (unpaired) electrons. The molecule has 5 heteroatoms. The van der Waals surface area contributed by atoms with Gasteiger partial charge in [0.15, 0.2) is 0 Å². The maximum Gasteiger partial charge on any atom is 0.320 e. The third kappa shape index (κ3) is 6.26. The summed E-state index contributed by atoms with van der Waals surface area (Å²) in [4.78, 5) is 22.6. The van der Waals surface area contributed by atoms with Gasteiger partial charge in [-0.25, -0.2) is 0 Å². The van der Waals surface area contributed by atoms with E-state index in [2.05, 4.69) is 6.92 Å². The number of hydrogen-bond donors (Lipinski definition) is 2. The number of benzene rings is 1. The fourth-order valence-corrected chi connectivity index (χ4v) is 2.07. The molecule has 0 bridgehead atoms. The first-order chi connectivity index (χ1) is 10.4. The summed E-state index contributed by atoms with van der Waals surface area (Å²) in [5.74, 6) is -0.908. The van der Waals surface area contributed by atoms with Crippen LogP contribution in [0.5, 0.6) is 5.75 Å². The summed E-state index contributed by atoms with van der Waals surface area (Å²) in [5.41, 5.74) is 6.28. The summed E-state index contributed by atoms with van der Waals surface area (Å²) < 4.78 is 5.33. The molecule has 2 atom stereocenters. The monoisotopic (exact) mass is 307 g/mol. The lowest BCUT2D eigenvalue weighted by Crippen LogP contribution is -2.32. The van der Waals surface area contributed by atoms with Crippen LogP contribution in [-0.2, 0) is 16.0 Å². The smallest absolute Gasteiger partial charge is 0.320 e. The van der Waals surface area contributed by atoms with Crippen molar-refractivity contribution < 1.29 is 19.4 Å². The van der Waals surface area contributed by atoms with E-state index in [1.807, 2.05) is 6.92 Å². The predicted octanol–water partition coefficient (Wildman–Crippen LogP) is 2.76. The van der Waals surface area contributed by atoms with E-state index >= 15 is 0 Å². The number of carbonyl (C=O) groups is 2. The van der Waals surface area contributed by atoms with E-state index in [4.69, 9.17) is 15.6 Å². The van der Waals surface area contributed by atoms with Crippen molar-refractivity contribution in [2.24, 2.45) is 11.7 Å². The number of aliphatic carboxylic acids is 1. The Balaban J connectivity index is 2.49. The van der Waals surface area contributed by atoms with Crippen molar-refractivity contribution >= 4 is 11.9 Å². The zero-order valence-electron chi connectivity index (χ0n) is 13.2. The molecule has 0 aliphatic heterocycles. The summed E-state index contributed by atoms with van der Waals surface area (Å²) in [7, 11) is 0. The minimum atomic E-state index is -1.03. The first kappa shape index (κ1) is 18.2. The van der Waals surface area contributed by atoms with Gasteiger partial charge in [0.05, 0.1) is 5.92 Å². The van der Waals surface area contributed by atoms with Gasteiger partial charge >= 0.3 is 11.9 Å². The van der Waals surface area contributed by atoms with Crippen LogP contribution in [0.4, 0.5) is 0 Å². The minimum absolute atomic E-state index is 0.119. The number of carbonyl (C=O) groups excluding carboxylic acids is 1. The molecule has 0 aromatic heterocycles. The number of carboxylic acids is 1. The van der Waals surface area contributed by atoms with Crippen LogP contribution in [0.3, 0.4) is 0 Å².